The molecule has 0 radical (unpaired) electrons. The van der Waals surface area contributed by atoms with Gasteiger partial charge in [-0.15, -0.1) is 0 Å². The van der Waals surface area contributed by atoms with Crippen LogP contribution in [-0.4, -0.2) is 74.5 Å². The summed E-state index contributed by atoms with van der Waals surface area (Å²) < 4.78 is 30.0. The Labute approximate surface area is 256 Å². The molecule has 3 rings (SSSR count). The molecule has 10 nitrogen and oxygen atoms in total. The molecule has 1 aliphatic heterocycles. The van der Waals surface area contributed by atoms with Gasteiger partial charge in [-0.1, -0.05) is 62.3 Å². The van der Waals surface area contributed by atoms with E-state index in [0.717, 1.165) is 0 Å². The van der Waals surface area contributed by atoms with Crippen molar-refractivity contribution in [3.8, 4) is 0 Å². The zero-order chi connectivity index (χ0) is 32.3. The topological polar surface area (TPSA) is 127 Å². The quantitative estimate of drug-likeness (QED) is 0.292. The summed E-state index contributed by atoms with van der Waals surface area (Å²) in [4.78, 5) is 13.3. The second-order valence-corrected chi connectivity index (χ2v) is 30.6. The van der Waals surface area contributed by atoms with Crippen LogP contribution in [-0.2, 0) is 24.6 Å². The summed E-state index contributed by atoms with van der Waals surface area (Å²) in [5, 5.41) is 10.4. The fraction of sp³-hybridized carbons (Fsp3) is 0.828. The van der Waals surface area contributed by atoms with Gasteiger partial charge in [0.15, 0.2) is 48.2 Å². The number of nitrogens with two attached hydrogens (primary N) is 1. The smallest absolute Gasteiger partial charge is 0.192 e. The zero-order valence-electron chi connectivity index (χ0n) is 28.7. The molecule has 3 N–H and O–H groups in total. The fourth-order valence-electron chi connectivity index (χ4n) is 4.21. The molecule has 0 bridgehead atoms. The van der Waals surface area contributed by atoms with Gasteiger partial charge in [-0.25, -0.2) is 15.0 Å². The lowest BCUT2D eigenvalue weighted by Crippen LogP contribution is -2.54. The molecule has 2 aromatic rings. The van der Waals surface area contributed by atoms with Crippen molar-refractivity contribution < 1.29 is 23.1 Å². The van der Waals surface area contributed by atoms with Crippen LogP contribution < -0.4 is 5.73 Å². The third-order valence-electron chi connectivity index (χ3n) is 10.1. The molecular formula is C29H57N5O5Si3. The van der Waals surface area contributed by atoms with Crippen molar-refractivity contribution in [1.29, 1.82) is 0 Å². The Morgan fingerprint density at radius 1 is 0.833 bits per heavy atom. The molecule has 0 amide bonds. The van der Waals surface area contributed by atoms with Crippen molar-refractivity contribution in [1.82, 2.24) is 19.5 Å². The van der Waals surface area contributed by atoms with Crippen molar-refractivity contribution in [3.05, 3.63) is 12.2 Å². The minimum Gasteiger partial charge on any atom is -0.414 e. The molecule has 1 aliphatic rings. The summed E-state index contributed by atoms with van der Waals surface area (Å²) in [6, 6.07) is 0. The Morgan fingerprint density at radius 3 is 1.81 bits per heavy atom. The lowest BCUT2D eigenvalue weighted by molar-refractivity contribution is -0.0493. The maximum absolute atomic E-state index is 10.4. The molecule has 3 heterocycles. The summed E-state index contributed by atoms with van der Waals surface area (Å²) in [5.74, 6) is 0.642. The average molecular weight is 640 g/mol. The molecule has 1 fully saturated rings. The van der Waals surface area contributed by atoms with Crippen LogP contribution in [0.3, 0.4) is 0 Å². The Morgan fingerprint density at radius 2 is 1.33 bits per heavy atom. The molecule has 0 unspecified atom stereocenters. The summed E-state index contributed by atoms with van der Waals surface area (Å²) in [6.45, 7) is 33.7. The molecule has 2 aromatic heterocycles. The van der Waals surface area contributed by atoms with E-state index in [1.54, 1.807) is 0 Å². The predicted octanol–water partition coefficient (Wildman–Crippen LogP) is 6.60. The van der Waals surface area contributed by atoms with Gasteiger partial charge in [0.2, 0.25) is 0 Å². The summed E-state index contributed by atoms with van der Waals surface area (Å²) in [5.41, 5.74) is 7.13. The summed E-state index contributed by atoms with van der Waals surface area (Å²) >= 11 is 0. The van der Waals surface area contributed by atoms with Crippen molar-refractivity contribution >= 4 is 41.9 Å². The predicted molar refractivity (Wildman–Crippen MR) is 177 cm³/mol. The number of aliphatic hydroxyl groups excluding tert-OH is 1. The van der Waals surface area contributed by atoms with Crippen LogP contribution in [0.15, 0.2) is 6.33 Å². The Hall–Kier alpha value is -1.20. The largest absolute Gasteiger partial charge is 0.414 e. The standard InChI is InChI=1S/C29H57N5O5Si3/c1-27(2,3)40(10,11)36-17-19-22(38-41(12,13)28(4,5)6)23(39-42(14,15)29(7,8)9)26(37-19)34-20(16-35)33-21-24(30)31-18-32-25(21)34/h18-19,22-23,26,35H,16-17H2,1-15H3,(H2,30,31,32)/t19-,22-,23-,26-/m1/s1. The van der Waals surface area contributed by atoms with E-state index in [4.69, 9.17) is 23.7 Å². The lowest BCUT2D eigenvalue weighted by atomic mass is 10.1. The van der Waals surface area contributed by atoms with E-state index in [2.05, 4.69) is 117 Å². The Bertz CT molecular complexity index is 1250. The number of aromatic nitrogens is 4. The molecular weight excluding hydrogens is 583 g/mol. The average Bonchev–Trinajstić information content (AvgIpc) is 3.34. The SMILES string of the molecule is CC(C)(C)[Si](C)(C)OC[C@H]1O[C@@H](n2c(CO)nc3c(N)ncnc32)[C@H](O[Si](C)(C)C(C)(C)C)[C@@H]1O[Si](C)(C)C(C)(C)C. The van der Waals surface area contributed by atoms with Gasteiger partial charge < -0.3 is 28.9 Å². The number of nitrogen functional groups attached to an aromatic ring is 1. The van der Waals surface area contributed by atoms with Gasteiger partial charge >= 0.3 is 0 Å². The van der Waals surface area contributed by atoms with Gasteiger partial charge in [0.1, 0.15) is 37.1 Å². The van der Waals surface area contributed by atoms with E-state index in [1.165, 1.54) is 6.33 Å². The minimum absolute atomic E-state index is 0.0307. The van der Waals surface area contributed by atoms with Crippen LogP contribution in [0, 0.1) is 0 Å². The molecule has 13 heteroatoms. The maximum Gasteiger partial charge on any atom is 0.192 e. The van der Waals surface area contributed by atoms with E-state index in [-0.39, 0.29) is 27.5 Å². The van der Waals surface area contributed by atoms with E-state index < -0.39 is 49.5 Å². The fourth-order valence-corrected chi connectivity index (χ4v) is 7.83. The van der Waals surface area contributed by atoms with Crippen LogP contribution in [0.1, 0.15) is 74.4 Å². The van der Waals surface area contributed by atoms with Crippen LogP contribution in [0.4, 0.5) is 5.82 Å². The van der Waals surface area contributed by atoms with Gasteiger partial charge in [-0.05, 0) is 54.4 Å². The number of anilines is 1. The van der Waals surface area contributed by atoms with Crippen molar-refractivity contribution in [2.45, 2.75) is 148 Å². The van der Waals surface area contributed by atoms with Crippen molar-refractivity contribution in [2.75, 3.05) is 12.3 Å². The molecule has 1 saturated heterocycles. The van der Waals surface area contributed by atoms with Gasteiger partial charge in [-0.3, -0.25) is 4.57 Å². The van der Waals surface area contributed by atoms with Gasteiger partial charge in [0, 0.05) is 0 Å². The third-order valence-corrected chi connectivity index (χ3v) is 23.6. The van der Waals surface area contributed by atoms with Crippen LogP contribution in [0.2, 0.25) is 54.4 Å². The molecule has 0 spiro atoms. The molecule has 0 aromatic carbocycles. The van der Waals surface area contributed by atoms with E-state index in [9.17, 15) is 5.11 Å². The van der Waals surface area contributed by atoms with Gasteiger partial charge in [-0.2, -0.15) is 0 Å². The first-order chi connectivity index (χ1) is 18.8. The highest BCUT2D eigenvalue weighted by atomic mass is 28.4. The van der Waals surface area contributed by atoms with Crippen LogP contribution in [0.5, 0.6) is 0 Å². The van der Waals surface area contributed by atoms with Crippen molar-refractivity contribution in [3.63, 3.8) is 0 Å². The number of hydrogen-bond donors (Lipinski definition) is 2. The summed E-state index contributed by atoms with van der Waals surface area (Å²) in [6.07, 6.45) is -0.554. The number of aliphatic hydroxyl groups is 1. The van der Waals surface area contributed by atoms with E-state index in [0.29, 0.717) is 23.6 Å². The molecule has 240 valence electrons. The van der Waals surface area contributed by atoms with Crippen LogP contribution >= 0.6 is 0 Å². The van der Waals surface area contributed by atoms with E-state index >= 15 is 0 Å². The summed E-state index contributed by atoms with van der Waals surface area (Å²) in [7, 11) is -6.74. The molecule has 0 saturated carbocycles. The lowest BCUT2D eigenvalue weighted by Gasteiger charge is -2.44. The number of hydrogen-bond acceptors (Lipinski definition) is 9. The van der Waals surface area contributed by atoms with Crippen molar-refractivity contribution in [2.24, 2.45) is 0 Å². The highest BCUT2D eigenvalue weighted by molar-refractivity contribution is 6.75. The first-order valence-corrected chi connectivity index (χ1v) is 23.8. The van der Waals surface area contributed by atoms with E-state index in [1.807, 2.05) is 4.57 Å². The van der Waals surface area contributed by atoms with Gasteiger partial charge in [0.05, 0.1) is 6.61 Å². The normalized spacial score (nSPS) is 23.2. The number of fused-ring (bicyclic) bond motifs is 1. The number of ether oxygens (including phenoxy) is 1. The Balaban J connectivity index is 2.23. The monoisotopic (exact) mass is 639 g/mol. The second kappa shape index (κ2) is 11.6. The minimum atomic E-state index is -2.34. The molecule has 0 aliphatic carbocycles. The highest BCUT2D eigenvalue weighted by Gasteiger charge is 2.55. The highest BCUT2D eigenvalue weighted by Crippen LogP contribution is 2.47. The first kappa shape index (κ1) is 35.3. The van der Waals surface area contributed by atoms with Crippen LogP contribution in [0.25, 0.3) is 11.2 Å². The first-order valence-electron chi connectivity index (χ1n) is 15.1. The molecule has 42 heavy (non-hydrogen) atoms. The number of rotatable bonds is 9. The number of nitrogens with zero attached hydrogens (tertiary/aromatic N) is 4. The second-order valence-electron chi connectivity index (χ2n) is 16.3. The van der Waals surface area contributed by atoms with Gasteiger partial charge in [0.25, 0.3) is 0 Å². The number of imidazole rings is 1. The molecule has 4 atom stereocenters. The maximum atomic E-state index is 10.4. The Kier molecular flexibility index (Phi) is 9.76. The third kappa shape index (κ3) is 6.88. The zero-order valence-corrected chi connectivity index (χ0v) is 31.7.